The highest BCUT2D eigenvalue weighted by Gasteiger charge is 2.10. The molecule has 0 aliphatic heterocycles. The highest BCUT2D eigenvalue weighted by Crippen LogP contribution is 1.97. The second-order valence-electron chi connectivity index (χ2n) is 3.74. The van der Waals surface area contributed by atoms with Crippen LogP contribution in [-0.4, -0.2) is 78.5 Å². The van der Waals surface area contributed by atoms with Crippen LogP contribution in [0.25, 0.3) is 0 Å². The van der Waals surface area contributed by atoms with Crippen molar-refractivity contribution in [2.75, 3.05) is 24.0 Å². The molecule has 10 N–H and O–H groups in total. The molecule has 0 rings (SSSR count). The number of aliphatic carboxylic acids is 2. The molecule has 3 unspecified atom stereocenters. The number of carboxylic acids is 2. The van der Waals surface area contributed by atoms with Gasteiger partial charge in [0.25, 0.3) is 0 Å². The molecule has 0 spiro atoms. The van der Waals surface area contributed by atoms with Gasteiger partial charge in [0.05, 0.1) is 0 Å². The molecule has 0 aliphatic rings. The zero-order valence-electron chi connectivity index (χ0n) is 12.5. The van der Waals surface area contributed by atoms with Crippen molar-refractivity contribution in [1.82, 2.24) is 0 Å². The molecule has 0 aromatic carbocycles. The fourth-order valence-electron chi connectivity index (χ4n) is 0.785. The Morgan fingerprint density at radius 2 is 1.43 bits per heavy atom. The maximum atomic E-state index is 10.4. The normalized spacial score (nSPS) is 12.4. The molecule has 0 heterocycles. The molecule has 10 nitrogen and oxygen atoms in total. The Labute approximate surface area is 142 Å². The Balaban J connectivity index is -0.0000000787. The third-order valence-electron chi connectivity index (χ3n) is 1.98. The van der Waals surface area contributed by atoms with E-state index in [0.29, 0.717) is 12.2 Å². The molecule has 0 saturated heterocycles. The zero-order valence-corrected chi connectivity index (χ0v) is 14.1. The van der Waals surface area contributed by atoms with Crippen molar-refractivity contribution >= 4 is 34.5 Å². The maximum absolute atomic E-state index is 10.4. The number of hydrogen-bond acceptors (Lipinski definition) is 8. The minimum absolute atomic E-state index is 0. The third kappa shape index (κ3) is 29.8. The fraction of sp³-hybridized carbons (Fsp3) is 0.818. The Bertz CT molecular complexity index is 308. The van der Waals surface area contributed by atoms with E-state index >= 15 is 0 Å². The summed E-state index contributed by atoms with van der Waals surface area (Å²) in [7, 11) is -0.946. The van der Waals surface area contributed by atoms with Crippen molar-refractivity contribution < 1.29 is 40.0 Å². The topological polar surface area (TPSA) is 216 Å². The van der Waals surface area contributed by atoms with E-state index in [-0.39, 0.29) is 19.3 Å². The van der Waals surface area contributed by atoms with Crippen LogP contribution in [0.1, 0.15) is 20.3 Å². The van der Waals surface area contributed by atoms with Gasteiger partial charge in [0.1, 0.15) is 12.1 Å². The Morgan fingerprint density at radius 1 is 1.09 bits per heavy atom. The number of carboxylic acid groups (broad SMARTS) is 2. The Morgan fingerprint density at radius 3 is 1.70 bits per heavy atom. The predicted octanol–water partition coefficient (Wildman–Crippen LogP) is -0.853. The lowest BCUT2D eigenvalue weighted by Crippen LogP contribution is -2.31. The lowest BCUT2D eigenvalue weighted by molar-refractivity contribution is -0.176. The van der Waals surface area contributed by atoms with Gasteiger partial charge in [0.15, 0.2) is 0 Å². The molecule has 12 heteroatoms. The van der Waals surface area contributed by atoms with Gasteiger partial charge in [0, 0.05) is 22.8 Å². The molecular formula is C11H30N2O8S2. The van der Waals surface area contributed by atoms with Crippen LogP contribution in [0.15, 0.2) is 0 Å². The van der Waals surface area contributed by atoms with E-state index in [9.17, 15) is 13.8 Å². The van der Waals surface area contributed by atoms with Crippen molar-refractivity contribution in [3.05, 3.63) is 0 Å². The first-order valence-electron chi connectivity index (χ1n) is 5.68. The summed E-state index contributed by atoms with van der Waals surface area (Å²) in [6, 6.07) is -1.55. The highest BCUT2D eigenvalue weighted by molar-refractivity contribution is 7.98. The second-order valence-corrected chi connectivity index (χ2v) is 6.28. The predicted molar refractivity (Wildman–Crippen MR) is 93.4 cm³/mol. The molecule has 0 aromatic rings. The van der Waals surface area contributed by atoms with Gasteiger partial charge in [-0.05, 0) is 24.9 Å². The first-order chi connectivity index (χ1) is 9.72. The van der Waals surface area contributed by atoms with E-state index in [1.807, 2.05) is 6.26 Å². The summed E-state index contributed by atoms with van der Waals surface area (Å²) in [5.74, 6) is -0.782. The first kappa shape index (κ1) is 33.8. The number of nitrogens with two attached hydrogens (primary N) is 2. The Hall–Kier alpha value is -0.760. The summed E-state index contributed by atoms with van der Waals surface area (Å²) in [6.45, 7) is 0. The number of thioether (sulfide) groups is 1. The molecule has 0 amide bonds. The van der Waals surface area contributed by atoms with Crippen LogP contribution >= 0.6 is 11.8 Å². The summed E-state index contributed by atoms with van der Waals surface area (Å²) in [5, 5.41) is 28.5. The van der Waals surface area contributed by atoms with Gasteiger partial charge in [-0.2, -0.15) is 11.8 Å². The molecule has 0 aromatic heterocycles. The molecule has 0 bridgehead atoms. The lowest BCUT2D eigenvalue weighted by atomic mass is 10.2. The molecule has 3 atom stereocenters. The van der Waals surface area contributed by atoms with E-state index in [1.165, 1.54) is 6.26 Å². The van der Waals surface area contributed by atoms with Crippen LogP contribution in [0, 0.1) is 0 Å². The highest BCUT2D eigenvalue weighted by atomic mass is 32.2. The minimum atomic E-state index is -1.04. The zero-order chi connectivity index (χ0) is 17.4. The van der Waals surface area contributed by atoms with Gasteiger partial charge in [-0.25, -0.2) is 0 Å². The SMILES string of the molecule is C.CS(=O)CCC(N)C(=O)O.CSCCC(N)C(=O)O.O.OO. The van der Waals surface area contributed by atoms with E-state index in [1.54, 1.807) is 11.8 Å². The molecule has 144 valence electrons. The quantitative estimate of drug-likeness (QED) is 0.225. The second kappa shape index (κ2) is 23.5. The van der Waals surface area contributed by atoms with Crippen LogP contribution in [0.4, 0.5) is 0 Å². The molecule has 0 aliphatic carbocycles. The van der Waals surface area contributed by atoms with Gasteiger partial charge in [-0.15, -0.1) is 0 Å². The molecule has 0 fully saturated rings. The van der Waals surface area contributed by atoms with Crippen LogP contribution in [-0.2, 0) is 20.4 Å². The summed E-state index contributed by atoms with van der Waals surface area (Å²) < 4.78 is 10.4. The summed E-state index contributed by atoms with van der Waals surface area (Å²) in [6.07, 6.45) is 4.28. The molecular weight excluding hydrogens is 352 g/mol. The molecule has 0 saturated carbocycles. The minimum Gasteiger partial charge on any atom is -0.480 e. The first-order valence-corrected chi connectivity index (χ1v) is 8.80. The van der Waals surface area contributed by atoms with Crippen LogP contribution in [0.2, 0.25) is 0 Å². The number of rotatable bonds is 8. The van der Waals surface area contributed by atoms with Gasteiger partial charge in [0.2, 0.25) is 0 Å². The summed E-state index contributed by atoms with van der Waals surface area (Å²) in [5.41, 5.74) is 10.3. The number of carbonyl (C=O) groups is 2. The van der Waals surface area contributed by atoms with Crippen molar-refractivity contribution in [2.24, 2.45) is 11.5 Å². The summed E-state index contributed by atoms with van der Waals surface area (Å²) in [4.78, 5) is 20.2. The van der Waals surface area contributed by atoms with Crippen molar-refractivity contribution in [3.8, 4) is 0 Å². The fourth-order valence-corrected chi connectivity index (χ4v) is 1.86. The van der Waals surface area contributed by atoms with Crippen molar-refractivity contribution in [1.29, 1.82) is 0 Å². The smallest absolute Gasteiger partial charge is 0.320 e. The van der Waals surface area contributed by atoms with E-state index in [4.69, 9.17) is 32.2 Å². The Kier molecular flexibility index (Phi) is 34.5. The maximum Gasteiger partial charge on any atom is 0.320 e. The van der Waals surface area contributed by atoms with Gasteiger partial charge >= 0.3 is 11.9 Å². The molecule has 0 radical (unpaired) electrons. The average Bonchev–Trinajstić information content (AvgIpc) is 2.44. The lowest BCUT2D eigenvalue weighted by Gasteiger charge is -2.02. The van der Waals surface area contributed by atoms with Crippen LogP contribution < -0.4 is 11.5 Å². The largest absolute Gasteiger partial charge is 0.480 e. The number of hydrogen-bond donors (Lipinski definition) is 6. The van der Waals surface area contributed by atoms with Gasteiger partial charge in [-0.1, -0.05) is 7.43 Å². The van der Waals surface area contributed by atoms with Crippen LogP contribution in [0.3, 0.4) is 0 Å². The van der Waals surface area contributed by atoms with Crippen molar-refractivity contribution in [2.45, 2.75) is 32.4 Å². The third-order valence-corrected chi connectivity index (χ3v) is 3.44. The van der Waals surface area contributed by atoms with Gasteiger partial charge in [-0.3, -0.25) is 24.3 Å². The van der Waals surface area contributed by atoms with Gasteiger partial charge < -0.3 is 27.2 Å². The van der Waals surface area contributed by atoms with E-state index in [2.05, 4.69) is 0 Å². The van der Waals surface area contributed by atoms with E-state index in [0.717, 1.165) is 5.75 Å². The van der Waals surface area contributed by atoms with E-state index < -0.39 is 34.8 Å². The average molecular weight is 383 g/mol. The summed E-state index contributed by atoms with van der Waals surface area (Å²) >= 11 is 1.60. The van der Waals surface area contributed by atoms with Crippen molar-refractivity contribution in [3.63, 3.8) is 0 Å². The standard InChI is InChI=1S/C5H11NO3S.C5H11NO2S.CH4.H2O2.H2O/c1-10(9)3-2-4(6)5(7)8;1-9-3-2-4(6)5(7)8;;1-2;/h4H,2-3,6H2,1H3,(H,7,8);4H,2-3,6H2,1H3,(H,7,8);1H4;1-2H;1H2. The van der Waals surface area contributed by atoms with Crippen LogP contribution in [0.5, 0.6) is 0 Å². The molecule has 23 heavy (non-hydrogen) atoms. The monoisotopic (exact) mass is 382 g/mol.